The molecule has 0 N–H and O–H groups in total. The van der Waals surface area contributed by atoms with E-state index >= 15 is 0 Å². The van der Waals surface area contributed by atoms with Gasteiger partial charge in [0, 0.05) is 28.8 Å². The van der Waals surface area contributed by atoms with Gasteiger partial charge in [-0.25, -0.2) is 4.98 Å². The summed E-state index contributed by atoms with van der Waals surface area (Å²) in [6.45, 7) is 0. The van der Waals surface area contributed by atoms with Crippen molar-refractivity contribution >= 4 is 27.7 Å². The molecule has 1 heterocycles. The SMILES string of the molecule is Cn1ccnc1Sc1cc(Br)cc(C#N)c1. The third-order valence-electron chi connectivity index (χ3n) is 1.99. The standard InChI is InChI=1S/C11H8BrN3S/c1-15-3-2-14-11(15)16-10-5-8(7-13)4-9(12)6-10/h2-6H,1H3. The van der Waals surface area contributed by atoms with Crippen molar-refractivity contribution in [3.8, 4) is 6.07 Å². The van der Waals surface area contributed by atoms with E-state index in [1.807, 2.05) is 29.9 Å². The van der Waals surface area contributed by atoms with E-state index in [0.717, 1.165) is 14.5 Å². The van der Waals surface area contributed by atoms with Crippen LogP contribution in [0.5, 0.6) is 0 Å². The van der Waals surface area contributed by atoms with Gasteiger partial charge in [-0.3, -0.25) is 0 Å². The second-order valence-corrected chi connectivity index (χ2v) is 5.17. The quantitative estimate of drug-likeness (QED) is 0.854. The molecule has 80 valence electrons. The molecule has 5 heteroatoms. The van der Waals surface area contributed by atoms with Gasteiger partial charge in [-0.1, -0.05) is 27.7 Å². The largest absolute Gasteiger partial charge is 0.329 e. The zero-order chi connectivity index (χ0) is 11.5. The minimum atomic E-state index is 0.645. The summed E-state index contributed by atoms with van der Waals surface area (Å²) >= 11 is 4.92. The minimum Gasteiger partial charge on any atom is -0.329 e. The third kappa shape index (κ3) is 2.46. The van der Waals surface area contributed by atoms with Crippen molar-refractivity contribution in [3.05, 3.63) is 40.6 Å². The maximum absolute atomic E-state index is 8.87. The third-order valence-corrected chi connectivity index (χ3v) is 3.49. The van der Waals surface area contributed by atoms with Crippen molar-refractivity contribution in [1.82, 2.24) is 9.55 Å². The minimum absolute atomic E-state index is 0.645. The topological polar surface area (TPSA) is 41.6 Å². The van der Waals surface area contributed by atoms with Crippen molar-refractivity contribution in [2.24, 2.45) is 7.05 Å². The summed E-state index contributed by atoms with van der Waals surface area (Å²) in [7, 11) is 1.94. The van der Waals surface area contributed by atoms with E-state index in [1.165, 1.54) is 11.8 Å². The second kappa shape index (κ2) is 4.73. The van der Waals surface area contributed by atoms with Crippen LogP contribution in [0.2, 0.25) is 0 Å². The lowest BCUT2D eigenvalue weighted by Gasteiger charge is -2.02. The molecule has 0 fully saturated rings. The van der Waals surface area contributed by atoms with Crippen LogP contribution in [0, 0.1) is 11.3 Å². The molecule has 1 aromatic carbocycles. The lowest BCUT2D eigenvalue weighted by Crippen LogP contribution is -1.88. The molecule has 0 aliphatic rings. The molecular weight excluding hydrogens is 286 g/mol. The molecule has 0 bridgehead atoms. The van der Waals surface area contributed by atoms with Gasteiger partial charge in [-0.15, -0.1) is 0 Å². The van der Waals surface area contributed by atoms with E-state index in [4.69, 9.17) is 5.26 Å². The van der Waals surface area contributed by atoms with Gasteiger partial charge in [-0.05, 0) is 18.2 Å². The molecule has 3 nitrogen and oxygen atoms in total. The molecule has 0 amide bonds. The number of benzene rings is 1. The first-order valence-electron chi connectivity index (χ1n) is 4.55. The fourth-order valence-corrected chi connectivity index (χ4v) is 2.79. The number of rotatable bonds is 2. The predicted octanol–water partition coefficient (Wildman–Crippen LogP) is 3.21. The smallest absolute Gasteiger partial charge is 0.172 e. The van der Waals surface area contributed by atoms with E-state index in [2.05, 4.69) is 27.0 Å². The summed E-state index contributed by atoms with van der Waals surface area (Å²) in [5.74, 6) is 0. The number of hydrogen-bond acceptors (Lipinski definition) is 3. The molecule has 0 unspecified atom stereocenters. The fraction of sp³-hybridized carbons (Fsp3) is 0.0909. The molecule has 0 radical (unpaired) electrons. The maximum Gasteiger partial charge on any atom is 0.172 e. The Labute approximate surface area is 106 Å². The number of imidazole rings is 1. The Morgan fingerprint density at radius 2 is 2.25 bits per heavy atom. The summed E-state index contributed by atoms with van der Waals surface area (Å²) in [4.78, 5) is 5.22. The van der Waals surface area contributed by atoms with E-state index in [1.54, 1.807) is 12.3 Å². The van der Waals surface area contributed by atoms with Gasteiger partial charge in [0.2, 0.25) is 0 Å². The van der Waals surface area contributed by atoms with Crippen molar-refractivity contribution in [3.63, 3.8) is 0 Å². The van der Waals surface area contributed by atoms with Crippen LogP contribution in [0.1, 0.15) is 5.56 Å². The predicted molar refractivity (Wildman–Crippen MR) is 66.2 cm³/mol. The summed E-state index contributed by atoms with van der Waals surface area (Å²) in [6.07, 6.45) is 3.65. The summed E-state index contributed by atoms with van der Waals surface area (Å²) in [5, 5.41) is 9.77. The first-order valence-corrected chi connectivity index (χ1v) is 6.16. The zero-order valence-corrected chi connectivity index (χ0v) is 10.9. The molecule has 2 aromatic rings. The lowest BCUT2D eigenvalue weighted by molar-refractivity contribution is 0.790. The Balaban J connectivity index is 2.32. The van der Waals surface area contributed by atoms with Gasteiger partial charge in [-0.2, -0.15) is 5.26 Å². The molecule has 16 heavy (non-hydrogen) atoms. The van der Waals surface area contributed by atoms with E-state index in [9.17, 15) is 0 Å². The van der Waals surface area contributed by atoms with Gasteiger partial charge in [0.1, 0.15) is 0 Å². The molecule has 0 aliphatic heterocycles. The van der Waals surface area contributed by atoms with Crippen LogP contribution in [-0.4, -0.2) is 9.55 Å². The number of nitrogens with zero attached hydrogens (tertiary/aromatic N) is 3. The van der Waals surface area contributed by atoms with Crippen LogP contribution < -0.4 is 0 Å². The van der Waals surface area contributed by atoms with E-state index < -0.39 is 0 Å². The Bertz CT molecular complexity index is 557. The molecule has 0 aliphatic carbocycles. The average molecular weight is 294 g/mol. The number of nitriles is 1. The zero-order valence-electron chi connectivity index (χ0n) is 8.51. The molecule has 0 atom stereocenters. The van der Waals surface area contributed by atoms with Crippen molar-refractivity contribution in [2.75, 3.05) is 0 Å². The summed E-state index contributed by atoms with van der Waals surface area (Å²) < 4.78 is 2.85. The van der Waals surface area contributed by atoms with E-state index in [-0.39, 0.29) is 0 Å². The number of hydrogen-bond donors (Lipinski definition) is 0. The number of aromatic nitrogens is 2. The van der Waals surface area contributed by atoms with Gasteiger partial charge in [0.25, 0.3) is 0 Å². The van der Waals surface area contributed by atoms with Crippen molar-refractivity contribution in [2.45, 2.75) is 10.1 Å². The fourth-order valence-electron chi connectivity index (χ4n) is 1.24. The maximum atomic E-state index is 8.87. The normalized spacial score (nSPS) is 10.1. The summed E-state index contributed by atoms with van der Waals surface area (Å²) in [5.41, 5.74) is 0.645. The highest BCUT2D eigenvalue weighted by atomic mass is 79.9. The molecule has 2 rings (SSSR count). The molecule has 0 spiro atoms. The molecule has 0 saturated carbocycles. The van der Waals surface area contributed by atoms with Gasteiger partial charge in [0.05, 0.1) is 11.6 Å². The number of aryl methyl sites for hydroxylation is 1. The van der Waals surface area contributed by atoms with Crippen LogP contribution in [0.4, 0.5) is 0 Å². The number of halogens is 1. The van der Waals surface area contributed by atoms with Gasteiger partial charge >= 0.3 is 0 Å². The average Bonchev–Trinajstić information content (AvgIpc) is 2.63. The highest BCUT2D eigenvalue weighted by Crippen LogP contribution is 2.29. The first kappa shape index (κ1) is 11.2. The highest BCUT2D eigenvalue weighted by Gasteiger charge is 2.04. The second-order valence-electron chi connectivity index (χ2n) is 3.21. The van der Waals surface area contributed by atoms with Crippen LogP contribution in [0.3, 0.4) is 0 Å². The highest BCUT2D eigenvalue weighted by molar-refractivity contribution is 9.10. The Kier molecular flexibility index (Phi) is 3.32. The first-order chi connectivity index (χ1) is 7.69. The molecule has 1 aromatic heterocycles. The lowest BCUT2D eigenvalue weighted by atomic mass is 10.2. The van der Waals surface area contributed by atoms with Crippen molar-refractivity contribution in [1.29, 1.82) is 5.26 Å². The van der Waals surface area contributed by atoms with Crippen LogP contribution in [0.25, 0.3) is 0 Å². The van der Waals surface area contributed by atoms with Crippen LogP contribution in [0.15, 0.2) is 45.1 Å². The molecular formula is C11H8BrN3S. The molecule has 0 saturated heterocycles. The van der Waals surface area contributed by atoms with Crippen LogP contribution >= 0.6 is 27.7 Å². The monoisotopic (exact) mass is 293 g/mol. The van der Waals surface area contributed by atoms with Gasteiger partial charge in [0.15, 0.2) is 5.16 Å². The van der Waals surface area contributed by atoms with Crippen molar-refractivity contribution < 1.29 is 0 Å². The van der Waals surface area contributed by atoms with Crippen LogP contribution in [-0.2, 0) is 7.05 Å². The Morgan fingerprint density at radius 1 is 1.44 bits per heavy atom. The van der Waals surface area contributed by atoms with Gasteiger partial charge < -0.3 is 4.57 Å². The Hall–Kier alpha value is -1.25. The summed E-state index contributed by atoms with van der Waals surface area (Å²) in [6, 6.07) is 7.75. The Morgan fingerprint density at radius 3 is 2.88 bits per heavy atom. The van der Waals surface area contributed by atoms with E-state index in [0.29, 0.717) is 5.56 Å².